The predicted octanol–water partition coefficient (Wildman–Crippen LogP) is 4.74. The number of carboxylic acids is 1. The molecule has 1 N–H and O–H groups in total. The standard InChI is InChI=1S/C26H23NO4/c28-25(29)23-15-27(14-22(23)17-8-2-1-3-9-17)26(30)31-16-24-20-12-6-4-10-18(20)19-11-5-7-13-21(19)24/h1-13,22-24H,14-16H2,(H,28,29)/t22-,23+/m1/s1. The number of fused-ring (bicyclic) bond motifs is 3. The molecule has 2 aliphatic rings. The first-order valence-electron chi connectivity index (χ1n) is 10.5. The second kappa shape index (κ2) is 7.91. The minimum atomic E-state index is -0.886. The molecule has 5 rings (SSSR count). The highest BCUT2D eigenvalue weighted by molar-refractivity contribution is 5.79. The van der Waals surface area contributed by atoms with E-state index in [4.69, 9.17) is 4.74 Å². The third-order valence-electron chi connectivity index (χ3n) is 6.46. The number of hydrogen-bond acceptors (Lipinski definition) is 3. The largest absolute Gasteiger partial charge is 0.481 e. The van der Waals surface area contributed by atoms with Gasteiger partial charge in [0.15, 0.2) is 0 Å². The summed E-state index contributed by atoms with van der Waals surface area (Å²) >= 11 is 0. The van der Waals surface area contributed by atoms with E-state index in [1.165, 1.54) is 16.0 Å². The number of likely N-dealkylation sites (tertiary alicyclic amines) is 1. The van der Waals surface area contributed by atoms with Crippen LogP contribution in [0.1, 0.15) is 28.5 Å². The van der Waals surface area contributed by atoms with Crippen molar-refractivity contribution in [1.82, 2.24) is 4.90 Å². The van der Waals surface area contributed by atoms with Gasteiger partial charge in [-0.1, -0.05) is 78.9 Å². The van der Waals surface area contributed by atoms with E-state index in [0.717, 1.165) is 16.7 Å². The second-order valence-corrected chi connectivity index (χ2v) is 8.17. The van der Waals surface area contributed by atoms with Gasteiger partial charge in [0, 0.05) is 24.9 Å². The van der Waals surface area contributed by atoms with Gasteiger partial charge in [-0.3, -0.25) is 4.79 Å². The smallest absolute Gasteiger partial charge is 0.409 e. The summed E-state index contributed by atoms with van der Waals surface area (Å²) in [5.74, 6) is -1.77. The number of amides is 1. The van der Waals surface area contributed by atoms with Gasteiger partial charge in [-0.25, -0.2) is 4.79 Å². The van der Waals surface area contributed by atoms with Gasteiger partial charge in [0.05, 0.1) is 5.92 Å². The molecule has 1 fully saturated rings. The molecule has 0 radical (unpaired) electrons. The predicted molar refractivity (Wildman–Crippen MR) is 117 cm³/mol. The number of nitrogens with zero attached hydrogens (tertiary/aromatic N) is 1. The Morgan fingerprint density at radius 1 is 0.839 bits per heavy atom. The molecule has 0 aromatic heterocycles. The van der Waals surface area contributed by atoms with Crippen LogP contribution < -0.4 is 0 Å². The van der Waals surface area contributed by atoms with Gasteiger partial charge >= 0.3 is 12.1 Å². The summed E-state index contributed by atoms with van der Waals surface area (Å²) in [6.45, 7) is 0.736. The maximum atomic E-state index is 12.9. The van der Waals surface area contributed by atoms with Crippen molar-refractivity contribution in [3.05, 3.63) is 95.6 Å². The van der Waals surface area contributed by atoms with Gasteiger partial charge in [0.25, 0.3) is 0 Å². The first-order chi connectivity index (χ1) is 15.1. The average molecular weight is 413 g/mol. The molecule has 3 aromatic rings. The van der Waals surface area contributed by atoms with Crippen LogP contribution >= 0.6 is 0 Å². The molecule has 2 atom stereocenters. The molecule has 1 heterocycles. The molecule has 3 aromatic carbocycles. The highest BCUT2D eigenvalue weighted by Gasteiger charge is 2.41. The Labute approximate surface area is 180 Å². The molecule has 1 aliphatic carbocycles. The zero-order valence-corrected chi connectivity index (χ0v) is 17.0. The second-order valence-electron chi connectivity index (χ2n) is 8.17. The van der Waals surface area contributed by atoms with Gasteiger partial charge in [-0.05, 0) is 27.8 Å². The van der Waals surface area contributed by atoms with Crippen molar-refractivity contribution >= 4 is 12.1 Å². The fourth-order valence-corrected chi connectivity index (χ4v) is 4.93. The van der Waals surface area contributed by atoms with Gasteiger partial charge in [-0.2, -0.15) is 0 Å². The Morgan fingerprint density at radius 3 is 2.03 bits per heavy atom. The number of ether oxygens (including phenoxy) is 1. The van der Waals surface area contributed by atoms with E-state index in [2.05, 4.69) is 24.3 Å². The summed E-state index contributed by atoms with van der Waals surface area (Å²) in [5.41, 5.74) is 5.60. The molecule has 1 aliphatic heterocycles. The normalized spacial score (nSPS) is 19.7. The van der Waals surface area contributed by atoms with Crippen molar-refractivity contribution in [3.63, 3.8) is 0 Å². The molecule has 0 saturated carbocycles. The fraction of sp³-hybridized carbons (Fsp3) is 0.231. The number of aliphatic carboxylic acids is 1. The lowest BCUT2D eigenvalue weighted by atomic mass is 9.89. The number of carboxylic acid groups (broad SMARTS) is 1. The molecule has 1 amide bonds. The third kappa shape index (κ3) is 3.46. The first-order valence-corrected chi connectivity index (χ1v) is 10.5. The Hall–Kier alpha value is -3.60. The third-order valence-corrected chi connectivity index (χ3v) is 6.46. The molecule has 31 heavy (non-hydrogen) atoms. The first kappa shape index (κ1) is 19.4. The average Bonchev–Trinajstić information content (AvgIpc) is 3.39. The maximum Gasteiger partial charge on any atom is 0.409 e. The molecule has 0 bridgehead atoms. The summed E-state index contributed by atoms with van der Waals surface area (Å²) in [7, 11) is 0. The zero-order chi connectivity index (χ0) is 21.4. The van der Waals surface area contributed by atoms with E-state index in [1.54, 1.807) is 0 Å². The Kier molecular flexibility index (Phi) is 4.94. The monoisotopic (exact) mass is 413 g/mol. The highest BCUT2D eigenvalue weighted by Crippen LogP contribution is 2.44. The maximum absolute atomic E-state index is 12.9. The van der Waals surface area contributed by atoms with Crippen LogP contribution in [0.3, 0.4) is 0 Å². The number of benzene rings is 3. The van der Waals surface area contributed by atoms with Crippen molar-refractivity contribution in [2.45, 2.75) is 11.8 Å². The van der Waals surface area contributed by atoms with Crippen LogP contribution in [0, 0.1) is 5.92 Å². The SMILES string of the molecule is O=C(O)[C@H]1CN(C(=O)OCC2c3ccccc3-c3ccccc32)C[C@@H]1c1ccccc1. The van der Waals surface area contributed by atoms with Crippen LogP contribution in [0.4, 0.5) is 4.79 Å². The Bertz CT molecular complexity index is 1080. The lowest BCUT2D eigenvalue weighted by molar-refractivity contribution is -0.141. The molecule has 1 saturated heterocycles. The fourth-order valence-electron chi connectivity index (χ4n) is 4.93. The molecule has 5 nitrogen and oxygen atoms in total. The van der Waals surface area contributed by atoms with Gasteiger partial charge < -0.3 is 14.7 Å². The summed E-state index contributed by atoms with van der Waals surface area (Å²) in [5, 5.41) is 9.69. The summed E-state index contributed by atoms with van der Waals surface area (Å²) in [6, 6.07) is 25.9. The van der Waals surface area contributed by atoms with Crippen LogP contribution in [0.15, 0.2) is 78.9 Å². The van der Waals surface area contributed by atoms with Gasteiger partial charge in [-0.15, -0.1) is 0 Å². The van der Waals surface area contributed by atoms with Gasteiger partial charge in [0.1, 0.15) is 6.61 Å². The summed E-state index contributed by atoms with van der Waals surface area (Å²) in [6.07, 6.45) is -0.452. The lowest BCUT2D eigenvalue weighted by Gasteiger charge is -2.19. The van der Waals surface area contributed by atoms with Gasteiger partial charge in [0.2, 0.25) is 0 Å². The van der Waals surface area contributed by atoms with Crippen molar-refractivity contribution < 1.29 is 19.4 Å². The van der Waals surface area contributed by atoms with E-state index in [9.17, 15) is 14.7 Å². The zero-order valence-electron chi connectivity index (χ0n) is 17.0. The Balaban J connectivity index is 1.32. The van der Waals surface area contributed by atoms with Crippen molar-refractivity contribution in [2.75, 3.05) is 19.7 Å². The number of carbonyl (C=O) groups is 2. The van der Waals surface area contributed by atoms with Crippen LogP contribution in [-0.2, 0) is 9.53 Å². The lowest BCUT2D eigenvalue weighted by Crippen LogP contribution is -2.31. The highest BCUT2D eigenvalue weighted by atomic mass is 16.6. The molecular formula is C26H23NO4. The van der Waals surface area contributed by atoms with E-state index in [-0.39, 0.29) is 25.0 Å². The van der Waals surface area contributed by atoms with Crippen LogP contribution in [-0.4, -0.2) is 41.8 Å². The molecule has 0 unspecified atom stereocenters. The van der Waals surface area contributed by atoms with Crippen molar-refractivity contribution in [1.29, 1.82) is 0 Å². The van der Waals surface area contributed by atoms with Crippen LogP contribution in [0.2, 0.25) is 0 Å². The van der Waals surface area contributed by atoms with Crippen molar-refractivity contribution in [2.24, 2.45) is 5.92 Å². The number of rotatable bonds is 4. The number of carbonyl (C=O) groups excluding carboxylic acids is 1. The van der Waals surface area contributed by atoms with E-state index < -0.39 is 18.0 Å². The number of hydrogen-bond donors (Lipinski definition) is 1. The Morgan fingerprint density at radius 2 is 1.42 bits per heavy atom. The summed E-state index contributed by atoms with van der Waals surface area (Å²) < 4.78 is 5.73. The minimum Gasteiger partial charge on any atom is -0.481 e. The van der Waals surface area contributed by atoms with E-state index in [1.807, 2.05) is 54.6 Å². The summed E-state index contributed by atoms with van der Waals surface area (Å²) in [4.78, 5) is 26.2. The van der Waals surface area contributed by atoms with Crippen LogP contribution in [0.25, 0.3) is 11.1 Å². The molecule has 156 valence electrons. The van der Waals surface area contributed by atoms with E-state index >= 15 is 0 Å². The minimum absolute atomic E-state index is 0.0147. The molecule has 5 heteroatoms. The quantitative estimate of drug-likeness (QED) is 0.671. The molecular weight excluding hydrogens is 390 g/mol. The topological polar surface area (TPSA) is 66.8 Å². The molecule has 0 spiro atoms. The van der Waals surface area contributed by atoms with E-state index in [0.29, 0.717) is 6.54 Å². The van der Waals surface area contributed by atoms with Crippen LogP contribution in [0.5, 0.6) is 0 Å². The van der Waals surface area contributed by atoms with Crippen molar-refractivity contribution in [3.8, 4) is 11.1 Å².